The van der Waals surface area contributed by atoms with Crippen LogP contribution in [0.15, 0.2) is 30.3 Å². The number of benzene rings is 1. The van der Waals surface area contributed by atoms with Gasteiger partial charge < -0.3 is 19.7 Å². The topological polar surface area (TPSA) is 67.9 Å². The van der Waals surface area contributed by atoms with E-state index >= 15 is 0 Å². The smallest absolute Gasteiger partial charge is 0.231 e. The molecule has 0 aliphatic carbocycles. The maximum absolute atomic E-state index is 13.5. The standard InChI is InChI=1S/C21H30N2O4/c1-15(24)23-12-10-21(11-13-23,16-8-6-5-7-9-16)19(25)22-17-14-27-20(2,3)18(17)26-4/h5-9,17-18H,10-14H2,1-4H3,(H,22,25)/t17-,18+/m0/s1. The van der Waals surface area contributed by atoms with E-state index in [9.17, 15) is 9.59 Å². The summed E-state index contributed by atoms with van der Waals surface area (Å²) in [5, 5.41) is 3.20. The summed E-state index contributed by atoms with van der Waals surface area (Å²) in [6.07, 6.45) is 1.01. The highest BCUT2D eigenvalue weighted by Crippen LogP contribution is 2.37. The summed E-state index contributed by atoms with van der Waals surface area (Å²) in [6, 6.07) is 9.69. The Balaban J connectivity index is 1.84. The second kappa shape index (κ2) is 7.60. The van der Waals surface area contributed by atoms with E-state index in [1.54, 1.807) is 14.0 Å². The van der Waals surface area contributed by atoms with Crippen molar-refractivity contribution in [2.75, 3.05) is 26.8 Å². The molecule has 3 rings (SSSR count). The van der Waals surface area contributed by atoms with E-state index in [-0.39, 0.29) is 24.0 Å². The van der Waals surface area contributed by atoms with Crippen molar-refractivity contribution in [2.45, 2.75) is 56.8 Å². The third-order valence-corrected chi connectivity index (χ3v) is 6.08. The van der Waals surface area contributed by atoms with E-state index in [0.717, 1.165) is 5.56 Å². The van der Waals surface area contributed by atoms with Gasteiger partial charge in [-0.25, -0.2) is 0 Å². The predicted molar refractivity (Wildman–Crippen MR) is 102 cm³/mol. The molecule has 6 heteroatoms. The molecule has 148 valence electrons. The van der Waals surface area contributed by atoms with Crippen LogP contribution < -0.4 is 5.32 Å². The van der Waals surface area contributed by atoms with Gasteiger partial charge in [-0.15, -0.1) is 0 Å². The molecule has 2 heterocycles. The number of amides is 2. The van der Waals surface area contributed by atoms with Crippen LogP contribution in [0.2, 0.25) is 0 Å². The average Bonchev–Trinajstić information content (AvgIpc) is 2.95. The lowest BCUT2D eigenvalue weighted by atomic mass is 9.71. The van der Waals surface area contributed by atoms with Crippen molar-refractivity contribution in [3.63, 3.8) is 0 Å². The van der Waals surface area contributed by atoms with Crippen LogP contribution in [0, 0.1) is 0 Å². The number of likely N-dealkylation sites (tertiary alicyclic amines) is 1. The summed E-state index contributed by atoms with van der Waals surface area (Å²) in [5.41, 5.74) is -0.0825. The lowest BCUT2D eigenvalue weighted by Crippen LogP contribution is -2.57. The minimum atomic E-state index is -0.641. The molecule has 0 bridgehead atoms. The lowest BCUT2D eigenvalue weighted by Gasteiger charge is -2.41. The Kier molecular flexibility index (Phi) is 5.58. The highest BCUT2D eigenvalue weighted by molar-refractivity contribution is 5.89. The Morgan fingerprint density at radius 3 is 2.37 bits per heavy atom. The fraction of sp³-hybridized carbons (Fsp3) is 0.619. The first-order valence-corrected chi connectivity index (χ1v) is 9.59. The van der Waals surface area contributed by atoms with Gasteiger partial charge in [0.25, 0.3) is 0 Å². The zero-order chi connectivity index (χ0) is 19.7. The first-order valence-electron chi connectivity index (χ1n) is 9.59. The predicted octanol–water partition coefficient (Wildman–Crippen LogP) is 1.88. The first kappa shape index (κ1) is 19.8. The number of hydrogen-bond acceptors (Lipinski definition) is 4. The lowest BCUT2D eigenvalue weighted by molar-refractivity contribution is -0.136. The molecule has 0 saturated carbocycles. The zero-order valence-electron chi connectivity index (χ0n) is 16.7. The van der Waals surface area contributed by atoms with Crippen LogP contribution >= 0.6 is 0 Å². The number of nitrogens with zero attached hydrogens (tertiary/aromatic N) is 1. The number of piperidine rings is 1. The number of carbonyl (C=O) groups is 2. The van der Waals surface area contributed by atoms with Crippen LogP contribution in [0.4, 0.5) is 0 Å². The van der Waals surface area contributed by atoms with Gasteiger partial charge in [0.2, 0.25) is 11.8 Å². The van der Waals surface area contributed by atoms with Crippen molar-refractivity contribution < 1.29 is 19.1 Å². The Bertz CT molecular complexity index is 681. The Hall–Kier alpha value is -1.92. The van der Waals surface area contributed by atoms with Gasteiger partial charge in [0.1, 0.15) is 6.10 Å². The van der Waals surface area contributed by atoms with Crippen molar-refractivity contribution in [3.05, 3.63) is 35.9 Å². The Morgan fingerprint density at radius 2 is 1.81 bits per heavy atom. The van der Waals surface area contributed by atoms with Crippen molar-refractivity contribution in [1.82, 2.24) is 10.2 Å². The molecule has 2 aliphatic rings. The van der Waals surface area contributed by atoms with Gasteiger partial charge in [0, 0.05) is 27.1 Å². The zero-order valence-corrected chi connectivity index (χ0v) is 16.7. The molecule has 2 amide bonds. The number of methoxy groups -OCH3 is 1. The number of hydrogen-bond donors (Lipinski definition) is 1. The fourth-order valence-corrected chi connectivity index (χ4v) is 4.44. The van der Waals surface area contributed by atoms with Gasteiger partial charge in [-0.3, -0.25) is 9.59 Å². The monoisotopic (exact) mass is 374 g/mol. The van der Waals surface area contributed by atoms with Gasteiger partial charge in [0.05, 0.1) is 23.7 Å². The van der Waals surface area contributed by atoms with Crippen molar-refractivity contribution in [1.29, 1.82) is 0 Å². The highest BCUT2D eigenvalue weighted by atomic mass is 16.6. The number of rotatable bonds is 4. The van der Waals surface area contributed by atoms with E-state index in [0.29, 0.717) is 32.5 Å². The van der Waals surface area contributed by atoms with Crippen molar-refractivity contribution in [3.8, 4) is 0 Å². The third kappa shape index (κ3) is 3.73. The molecular formula is C21H30N2O4. The van der Waals surface area contributed by atoms with Crippen LogP contribution in [0.1, 0.15) is 39.2 Å². The van der Waals surface area contributed by atoms with E-state index < -0.39 is 11.0 Å². The average molecular weight is 374 g/mol. The summed E-state index contributed by atoms with van der Waals surface area (Å²) in [7, 11) is 1.65. The molecule has 2 atom stereocenters. The summed E-state index contributed by atoms with van der Waals surface area (Å²) in [6.45, 7) is 7.13. The third-order valence-electron chi connectivity index (χ3n) is 6.08. The molecule has 6 nitrogen and oxygen atoms in total. The molecule has 1 aromatic carbocycles. The molecule has 2 saturated heterocycles. The quantitative estimate of drug-likeness (QED) is 0.874. The summed E-state index contributed by atoms with van der Waals surface area (Å²) >= 11 is 0. The van der Waals surface area contributed by atoms with E-state index in [2.05, 4.69) is 5.32 Å². The molecular weight excluding hydrogens is 344 g/mol. The molecule has 0 radical (unpaired) electrons. The molecule has 1 aromatic rings. The minimum Gasteiger partial charge on any atom is -0.376 e. The van der Waals surface area contributed by atoms with Gasteiger partial charge in [-0.2, -0.15) is 0 Å². The normalized spacial score (nSPS) is 26.6. The Morgan fingerprint density at radius 1 is 1.19 bits per heavy atom. The Labute approximate surface area is 161 Å². The summed E-state index contributed by atoms with van der Waals surface area (Å²) in [4.78, 5) is 27.1. The summed E-state index contributed by atoms with van der Waals surface area (Å²) < 4.78 is 11.5. The highest BCUT2D eigenvalue weighted by Gasteiger charge is 2.48. The first-order chi connectivity index (χ1) is 12.8. The number of carbonyl (C=O) groups excluding carboxylic acids is 2. The molecule has 0 unspecified atom stereocenters. The molecule has 2 aliphatic heterocycles. The van der Waals surface area contributed by atoms with Crippen LogP contribution in [0.5, 0.6) is 0 Å². The molecule has 0 spiro atoms. The largest absolute Gasteiger partial charge is 0.376 e. The molecule has 0 aromatic heterocycles. The maximum atomic E-state index is 13.5. The van der Waals surface area contributed by atoms with Gasteiger partial charge in [0.15, 0.2) is 0 Å². The second-order valence-corrected chi connectivity index (χ2v) is 8.10. The number of nitrogens with one attached hydrogen (secondary N) is 1. The second-order valence-electron chi connectivity index (χ2n) is 8.10. The van der Waals surface area contributed by atoms with Crippen LogP contribution in [0.25, 0.3) is 0 Å². The van der Waals surface area contributed by atoms with Gasteiger partial charge in [-0.1, -0.05) is 30.3 Å². The fourth-order valence-electron chi connectivity index (χ4n) is 4.44. The van der Waals surface area contributed by atoms with Crippen molar-refractivity contribution >= 4 is 11.8 Å². The van der Waals surface area contributed by atoms with E-state index in [1.807, 2.05) is 49.1 Å². The van der Waals surface area contributed by atoms with Crippen LogP contribution in [-0.2, 0) is 24.5 Å². The number of ether oxygens (including phenoxy) is 2. The van der Waals surface area contributed by atoms with Crippen LogP contribution in [0.3, 0.4) is 0 Å². The van der Waals surface area contributed by atoms with E-state index in [1.165, 1.54) is 0 Å². The van der Waals surface area contributed by atoms with E-state index in [4.69, 9.17) is 9.47 Å². The molecule has 1 N–H and O–H groups in total. The maximum Gasteiger partial charge on any atom is 0.231 e. The van der Waals surface area contributed by atoms with Gasteiger partial charge >= 0.3 is 0 Å². The molecule has 27 heavy (non-hydrogen) atoms. The van der Waals surface area contributed by atoms with Crippen molar-refractivity contribution in [2.24, 2.45) is 0 Å². The van der Waals surface area contributed by atoms with Crippen LogP contribution in [-0.4, -0.2) is 61.3 Å². The SMILES string of the molecule is CO[C@@H]1[C@@H](NC(=O)C2(c3ccccc3)CCN(C(C)=O)CC2)COC1(C)C. The molecule has 2 fully saturated rings. The minimum absolute atomic E-state index is 0.00903. The van der Waals surface area contributed by atoms with Gasteiger partial charge in [-0.05, 0) is 32.3 Å². The summed E-state index contributed by atoms with van der Waals surface area (Å²) in [5.74, 6) is 0.0488.